The maximum absolute atomic E-state index is 11.4. The molecule has 0 atom stereocenters. The zero-order chi connectivity index (χ0) is 11.9. The first-order valence-corrected chi connectivity index (χ1v) is 5.04. The van der Waals surface area contributed by atoms with Crippen LogP contribution in [-0.2, 0) is 15.0 Å². The highest BCUT2D eigenvalue weighted by Gasteiger charge is 2.33. The highest BCUT2D eigenvalue weighted by atomic mass is 16.4. The van der Waals surface area contributed by atoms with Gasteiger partial charge in [-0.3, -0.25) is 14.5 Å². The number of hydrogen-bond donors (Lipinski definition) is 0. The zero-order valence-corrected chi connectivity index (χ0v) is 9.48. The van der Waals surface area contributed by atoms with Crippen LogP contribution in [0, 0.1) is 0 Å². The molecule has 6 nitrogen and oxygen atoms in total. The van der Waals surface area contributed by atoms with Crippen molar-refractivity contribution in [3.8, 4) is 0 Å². The van der Waals surface area contributed by atoms with Crippen LogP contribution in [0.5, 0.6) is 0 Å². The van der Waals surface area contributed by atoms with Crippen LogP contribution in [0.2, 0.25) is 0 Å². The Balaban J connectivity index is 2.26. The van der Waals surface area contributed by atoms with Crippen molar-refractivity contribution >= 4 is 17.7 Å². The van der Waals surface area contributed by atoms with Crippen molar-refractivity contribution in [1.29, 1.82) is 0 Å². The van der Waals surface area contributed by atoms with Gasteiger partial charge in [-0.15, -0.1) is 5.10 Å². The largest absolute Gasteiger partial charge is 0.407 e. The van der Waals surface area contributed by atoms with E-state index in [2.05, 4.69) is 10.2 Å². The van der Waals surface area contributed by atoms with E-state index in [0.29, 0.717) is 5.89 Å². The Morgan fingerprint density at radius 1 is 1.25 bits per heavy atom. The van der Waals surface area contributed by atoms with Crippen LogP contribution >= 0.6 is 0 Å². The molecule has 0 bridgehead atoms. The lowest BCUT2D eigenvalue weighted by atomic mass is 9.97. The van der Waals surface area contributed by atoms with E-state index in [0.717, 1.165) is 0 Å². The van der Waals surface area contributed by atoms with Crippen LogP contribution in [0.4, 0.5) is 6.01 Å². The first kappa shape index (κ1) is 10.8. The average molecular weight is 223 g/mol. The summed E-state index contributed by atoms with van der Waals surface area (Å²) in [5.41, 5.74) is -0.266. The lowest BCUT2D eigenvalue weighted by Gasteiger charge is -2.12. The van der Waals surface area contributed by atoms with Crippen molar-refractivity contribution in [3.63, 3.8) is 0 Å². The molecule has 1 aromatic rings. The third-order valence-corrected chi connectivity index (χ3v) is 2.27. The summed E-state index contributed by atoms with van der Waals surface area (Å²) < 4.78 is 5.38. The second-order valence-electron chi connectivity index (χ2n) is 4.84. The average Bonchev–Trinajstić information content (AvgIpc) is 2.70. The Morgan fingerprint density at radius 2 is 1.94 bits per heavy atom. The van der Waals surface area contributed by atoms with Gasteiger partial charge in [0.2, 0.25) is 11.8 Å². The lowest BCUT2D eigenvalue weighted by Crippen LogP contribution is -2.24. The minimum Gasteiger partial charge on any atom is -0.407 e. The molecule has 0 aromatic carbocycles. The van der Waals surface area contributed by atoms with Crippen LogP contribution in [0.15, 0.2) is 4.42 Å². The van der Waals surface area contributed by atoms with E-state index in [-0.39, 0.29) is 36.1 Å². The number of ketones is 1. The first-order chi connectivity index (χ1) is 7.38. The number of anilines is 1. The number of amides is 1. The molecule has 1 aliphatic rings. The van der Waals surface area contributed by atoms with Gasteiger partial charge in [-0.25, -0.2) is 0 Å². The molecule has 86 valence electrons. The smallest absolute Gasteiger partial charge is 0.325 e. The Morgan fingerprint density at radius 3 is 2.38 bits per heavy atom. The van der Waals surface area contributed by atoms with E-state index in [1.165, 1.54) is 4.90 Å². The molecule has 16 heavy (non-hydrogen) atoms. The van der Waals surface area contributed by atoms with E-state index in [1.54, 1.807) is 0 Å². The molecule has 1 aliphatic heterocycles. The molecule has 0 aliphatic carbocycles. The SMILES string of the molecule is CC(C)(C)c1nnc(N2CC(=O)CC2=O)o1. The molecule has 0 unspecified atom stereocenters. The van der Waals surface area contributed by atoms with Gasteiger partial charge in [-0.1, -0.05) is 25.9 Å². The van der Waals surface area contributed by atoms with Crippen LogP contribution in [0.25, 0.3) is 0 Å². The second-order valence-corrected chi connectivity index (χ2v) is 4.84. The highest BCUT2D eigenvalue weighted by Crippen LogP contribution is 2.25. The summed E-state index contributed by atoms with van der Waals surface area (Å²) in [5, 5.41) is 7.66. The summed E-state index contributed by atoms with van der Waals surface area (Å²) in [4.78, 5) is 23.7. The van der Waals surface area contributed by atoms with Crippen LogP contribution in [0.1, 0.15) is 33.1 Å². The quantitative estimate of drug-likeness (QED) is 0.654. The van der Waals surface area contributed by atoms with Crippen molar-refractivity contribution in [2.24, 2.45) is 0 Å². The molecule has 1 aromatic heterocycles. The molecule has 1 fully saturated rings. The monoisotopic (exact) mass is 223 g/mol. The van der Waals surface area contributed by atoms with Crippen LogP contribution in [0.3, 0.4) is 0 Å². The Bertz CT molecular complexity index is 444. The third kappa shape index (κ3) is 1.82. The fourth-order valence-electron chi connectivity index (χ4n) is 1.39. The van der Waals surface area contributed by atoms with Gasteiger partial charge in [0.05, 0.1) is 13.0 Å². The highest BCUT2D eigenvalue weighted by molar-refractivity contribution is 6.14. The number of rotatable bonds is 1. The predicted octanol–water partition coefficient (Wildman–Crippen LogP) is 0.673. The normalized spacial score (nSPS) is 17.3. The van der Waals surface area contributed by atoms with Crippen LogP contribution in [-0.4, -0.2) is 28.4 Å². The number of carbonyl (C=O) groups is 2. The zero-order valence-electron chi connectivity index (χ0n) is 9.48. The molecular weight excluding hydrogens is 210 g/mol. The van der Waals surface area contributed by atoms with Crippen molar-refractivity contribution < 1.29 is 14.0 Å². The summed E-state index contributed by atoms with van der Waals surface area (Å²) in [5.74, 6) is 0.0456. The first-order valence-electron chi connectivity index (χ1n) is 5.04. The van der Waals surface area contributed by atoms with E-state index >= 15 is 0 Å². The van der Waals surface area contributed by atoms with Gasteiger partial charge < -0.3 is 4.42 Å². The molecule has 6 heteroatoms. The summed E-state index contributed by atoms with van der Waals surface area (Å²) in [6, 6.07) is 0.112. The van der Waals surface area contributed by atoms with Crippen molar-refractivity contribution in [2.75, 3.05) is 11.4 Å². The van der Waals surface area contributed by atoms with E-state index in [1.807, 2.05) is 20.8 Å². The molecule has 0 spiro atoms. The molecule has 0 N–H and O–H groups in total. The van der Waals surface area contributed by atoms with Crippen molar-refractivity contribution in [3.05, 3.63) is 5.89 Å². The minimum absolute atomic E-state index is 0.0324. The molecule has 2 heterocycles. The van der Waals surface area contributed by atoms with Crippen molar-refractivity contribution in [1.82, 2.24) is 10.2 Å². The van der Waals surface area contributed by atoms with E-state index in [4.69, 9.17) is 4.42 Å². The number of carbonyl (C=O) groups excluding carboxylic acids is 2. The van der Waals surface area contributed by atoms with Gasteiger partial charge in [0, 0.05) is 5.41 Å². The predicted molar refractivity (Wildman–Crippen MR) is 55.0 cm³/mol. The van der Waals surface area contributed by atoms with Gasteiger partial charge in [0.1, 0.15) is 0 Å². The molecule has 2 rings (SSSR count). The van der Waals surface area contributed by atoms with Gasteiger partial charge in [0.25, 0.3) is 0 Å². The summed E-state index contributed by atoms with van der Waals surface area (Å²) in [6.07, 6.45) is -0.0762. The van der Waals surface area contributed by atoms with Gasteiger partial charge in [-0.05, 0) is 0 Å². The number of hydrogen-bond acceptors (Lipinski definition) is 5. The third-order valence-electron chi connectivity index (χ3n) is 2.27. The molecule has 1 saturated heterocycles. The van der Waals surface area contributed by atoms with E-state index in [9.17, 15) is 9.59 Å². The number of aromatic nitrogens is 2. The lowest BCUT2D eigenvalue weighted by molar-refractivity contribution is -0.121. The maximum Gasteiger partial charge on any atom is 0.325 e. The standard InChI is InChI=1S/C10H13N3O3/c1-10(2,3)8-11-12-9(16-8)13-5-6(14)4-7(13)15/h4-5H2,1-3H3. The minimum atomic E-state index is -0.283. The molecule has 0 saturated carbocycles. The van der Waals surface area contributed by atoms with E-state index < -0.39 is 0 Å². The van der Waals surface area contributed by atoms with Gasteiger partial charge in [-0.2, -0.15) is 0 Å². The van der Waals surface area contributed by atoms with Gasteiger partial charge >= 0.3 is 6.01 Å². The Hall–Kier alpha value is -1.72. The fourth-order valence-corrected chi connectivity index (χ4v) is 1.39. The molecule has 0 radical (unpaired) electrons. The Labute approximate surface area is 92.6 Å². The van der Waals surface area contributed by atoms with Gasteiger partial charge in [0.15, 0.2) is 5.78 Å². The fraction of sp³-hybridized carbons (Fsp3) is 0.600. The van der Waals surface area contributed by atoms with Crippen molar-refractivity contribution in [2.45, 2.75) is 32.6 Å². The molecular formula is C10H13N3O3. The summed E-state index contributed by atoms with van der Waals surface area (Å²) in [7, 11) is 0. The summed E-state index contributed by atoms with van der Waals surface area (Å²) in [6.45, 7) is 5.83. The maximum atomic E-state index is 11.4. The summed E-state index contributed by atoms with van der Waals surface area (Å²) >= 11 is 0. The topological polar surface area (TPSA) is 76.3 Å². The van der Waals surface area contributed by atoms with Crippen LogP contribution < -0.4 is 4.90 Å². The number of Topliss-reactive ketones (excluding diaryl/α,β-unsaturated/α-hetero) is 1. The second kappa shape index (κ2) is 3.40. The molecule has 1 amide bonds. The number of nitrogens with zero attached hydrogens (tertiary/aromatic N) is 3. The Kier molecular flexibility index (Phi) is 2.29.